The van der Waals surface area contributed by atoms with Crippen molar-refractivity contribution in [2.75, 3.05) is 0 Å². The molecule has 2 fully saturated rings. The summed E-state index contributed by atoms with van der Waals surface area (Å²) in [6, 6.07) is 2.03. The van der Waals surface area contributed by atoms with Gasteiger partial charge in [0.15, 0.2) is 5.78 Å². The first-order valence-electron chi connectivity index (χ1n) is 10.3. The zero-order chi connectivity index (χ0) is 21.9. The highest BCUT2D eigenvalue weighted by atomic mass is 16.2. The predicted octanol–water partition coefficient (Wildman–Crippen LogP) is 1.52. The lowest BCUT2D eigenvalue weighted by atomic mass is 9.49. The molecule has 3 atom stereocenters. The molecule has 31 heavy (non-hydrogen) atoms. The van der Waals surface area contributed by atoms with Crippen molar-refractivity contribution in [1.29, 1.82) is 0 Å². The summed E-state index contributed by atoms with van der Waals surface area (Å²) in [6.45, 7) is 5.51. The molecule has 8 nitrogen and oxygen atoms in total. The van der Waals surface area contributed by atoms with E-state index in [0.717, 1.165) is 18.4 Å². The van der Waals surface area contributed by atoms with Crippen LogP contribution in [0.25, 0.3) is 22.2 Å². The Morgan fingerprint density at radius 1 is 1.23 bits per heavy atom. The Hall–Kier alpha value is -3.03. The molecule has 1 saturated heterocycles. The first kappa shape index (κ1) is 19.9. The molecule has 3 unspecified atom stereocenters. The minimum atomic E-state index is -0.169. The average Bonchev–Trinajstić information content (AvgIpc) is 3.12. The van der Waals surface area contributed by atoms with Crippen LogP contribution in [0.1, 0.15) is 43.0 Å². The molecule has 10 heteroatoms. The monoisotopic (exact) mass is 411 g/mol. The molecule has 0 bridgehead atoms. The molecule has 1 aliphatic heterocycles. The van der Waals surface area contributed by atoms with Crippen molar-refractivity contribution in [3.05, 3.63) is 36.2 Å². The van der Waals surface area contributed by atoms with Gasteiger partial charge in [0.1, 0.15) is 18.1 Å². The lowest BCUT2D eigenvalue weighted by Crippen LogP contribution is -2.43. The van der Waals surface area contributed by atoms with E-state index < -0.39 is 0 Å². The van der Waals surface area contributed by atoms with Crippen LogP contribution in [0.2, 0.25) is 0 Å². The van der Waals surface area contributed by atoms with E-state index in [1.807, 2.05) is 11.8 Å². The van der Waals surface area contributed by atoms with Crippen LogP contribution in [0.4, 0.5) is 0 Å². The quantitative estimate of drug-likeness (QED) is 0.467. The molecule has 153 valence electrons. The van der Waals surface area contributed by atoms with Crippen molar-refractivity contribution in [3.63, 3.8) is 0 Å². The minimum Gasteiger partial charge on any atom is -0.344 e. The number of amides is 1. The van der Waals surface area contributed by atoms with Crippen molar-refractivity contribution in [3.8, 4) is 11.3 Å². The summed E-state index contributed by atoms with van der Waals surface area (Å²) >= 11 is 0. The number of hydrogen-bond acceptors (Lipinski definition) is 6. The van der Waals surface area contributed by atoms with Gasteiger partial charge in [-0.3, -0.25) is 19.3 Å². The molecule has 3 aromatic rings. The van der Waals surface area contributed by atoms with Gasteiger partial charge in [0.2, 0.25) is 5.91 Å². The van der Waals surface area contributed by atoms with Crippen LogP contribution in [-0.4, -0.2) is 68.2 Å². The van der Waals surface area contributed by atoms with Crippen molar-refractivity contribution >= 4 is 37.5 Å². The number of pyridine rings is 1. The molecule has 2 aliphatic rings. The van der Waals surface area contributed by atoms with Crippen LogP contribution in [0.5, 0.6) is 0 Å². The van der Waals surface area contributed by atoms with Crippen LogP contribution < -0.4 is 0 Å². The first-order chi connectivity index (χ1) is 14.8. The smallest absolute Gasteiger partial charge is 0.244 e. The number of nitrogens with zero attached hydrogens (tertiary/aromatic N) is 6. The summed E-state index contributed by atoms with van der Waals surface area (Å²) in [4.78, 5) is 40.3. The Morgan fingerprint density at radius 2 is 1.97 bits per heavy atom. The van der Waals surface area contributed by atoms with Crippen LogP contribution in [0, 0.1) is 12.3 Å². The number of aryl methyl sites for hydroxylation is 1. The van der Waals surface area contributed by atoms with E-state index in [1.54, 1.807) is 36.5 Å². The lowest BCUT2D eigenvalue weighted by molar-refractivity contribution is -0.132. The minimum absolute atomic E-state index is 0.0371. The Labute approximate surface area is 182 Å². The number of hydrogen-bond donors (Lipinski definition) is 0. The fourth-order valence-corrected chi connectivity index (χ4v) is 4.71. The van der Waals surface area contributed by atoms with E-state index in [9.17, 15) is 9.59 Å². The fraction of sp³-hybridized carbons (Fsp3) is 0.429. The molecule has 0 aromatic carbocycles. The van der Waals surface area contributed by atoms with Gasteiger partial charge >= 0.3 is 0 Å². The number of fused-ring (bicyclic) bond motifs is 2. The van der Waals surface area contributed by atoms with Gasteiger partial charge in [0.05, 0.1) is 24.6 Å². The number of ketones is 1. The van der Waals surface area contributed by atoms with Gasteiger partial charge in [0.25, 0.3) is 0 Å². The van der Waals surface area contributed by atoms with E-state index in [0.29, 0.717) is 28.1 Å². The first-order valence-corrected chi connectivity index (χ1v) is 10.3. The summed E-state index contributed by atoms with van der Waals surface area (Å²) in [6.07, 6.45) is 6.94. The van der Waals surface area contributed by atoms with E-state index in [-0.39, 0.29) is 35.6 Å². The summed E-state index contributed by atoms with van der Waals surface area (Å²) < 4.78 is 1.57. The van der Waals surface area contributed by atoms with Crippen molar-refractivity contribution < 1.29 is 9.59 Å². The van der Waals surface area contributed by atoms with Gasteiger partial charge in [-0.15, -0.1) is 0 Å². The number of rotatable bonds is 5. The standard InChI is InChI=1S/C21H21B2N6O2/c1-11(30)20-14-4-15(13-7-24-12(2)25-8-13)26-9-16(14)28(27-20)10-19(31)29-17-5-21(17,3)6-18(29)23-22/h4,7-9,17-18H,5-6,10H2,1-3H3. The van der Waals surface area contributed by atoms with E-state index in [2.05, 4.69) is 27.0 Å². The number of piperidine rings is 1. The topological polar surface area (TPSA) is 93.9 Å². The van der Waals surface area contributed by atoms with Gasteiger partial charge in [-0.05, 0) is 37.2 Å². The predicted molar refractivity (Wildman–Crippen MR) is 117 cm³/mol. The molecule has 4 heterocycles. The molecule has 5 rings (SSSR count). The molecule has 1 amide bonds. The van der Waals surface area contributed by atoms with Crippen LogP contribution >= 0.6 is 0 Å². The highest BCUT2D eigenvalue weighted by Gasteiger charge is 2.61. The third-order valence-electron chi connectivity index (χ3n) is 6.51. The van der Waals surface area contributed by atoms with Crippen molar-refractivity contribution in [2.24, 2.45) is 5.41 Å². The van der Waals surface area contributed by atoms with Crippen LogP contribution in [0.15, 0.2) is 24.7 Å². The van der Waals surface area contributed by atoms with Gasteiger partial charge in [-0.2, -0.15) is 5.10 Å². The summed E-state index contributed by atoms with van der Waals surface area (Å²) in [7, 11) is 7.41. The highest BCUT2D eigenvalue weighted by molar-refractivity contribution is 6.90. The summed E-state index contributed by atoms with van der Waals surface area (Å²) in [5.41, 5.74) is 2.52. The molecule has 1 aliphatic carbocycles. The Balaban J connectivity index is 1.50. The van der Waals surface area contributed by atoms with Gasteiger partial charge < -0.3 is 4.90 Å². The van der Waals surface area contributed by atoms with E-state index in [4.69, 9.17) is 7.74 Å². The van der Waals surface area contributed by atoms with E-state index in [1.165, 1.54) is 6.92 Å². The number of carbonyl (C=O) groups is 2. The van der Waals surface area contributed by atoms with Gasteiger partial charge in [-0.25, -0.2) is 9.97 Å². The largest absolute Gasteiger partial charge is 0.344 e. The third-order valence-corrected chi connectivity index (χ3v) is 6.51. The normalized spacial score (nSPS) is 24.3. The zero-order valence-electron chi connectivity index (χ0n) is 17.7. The molecule has 3 aromatic heterocycles. The number of likely N-dealkylation sites (tertiary alicyclic amines) is 1. The fourth-order valence-electron chi connectivity index (χ4n) is 4.71. The maximum atomic E-state index is 13.2. The summed E-state index contributed by atoms with van der Waals surface area (Å²) in [5, 5.41) is 5.12. The lowest BCUT2D eigenvalue weighted by Gasteiger charge is -2.27. The van der Waals surface area contributed by atoms with Crippen LogP contribution in [-0.2, 0) is 11.3 Å². The Kier molecular flexibility index (Phi) is 4.50. The SMILES string of the molecule is [B][B]C1CC2(C)CC2N1C(=O)Cn1nc(C(C)=O)c2cc(-c3cnc(C)nc3)ncc21. The molecule has 3 radical (unpaired) electrons. The average molecular weight is 411 g/mol. The van der Waals surface area contributed by atoms with E-state index >= 15 is 0 Å². The number of Topliss-reactive ketones (excluding diaryl/α,β-unsaturated/α-hetero) is 1. The second-order valence-corrected chi connectivity index (χ2v) is 8.81. The zero-order valence-corrected chi connectivity index (χ0v) is 17.7. The number of carbonyl (C=O) groups excluding carboxylic acids is 2. The second kappa shape index (κ2) is 7.00. The highest BCUT2D eigenvalue weighted by Crippen LogP contribution is 2.58. The summed E-state index contributed by atoms with van der Waals surface area (Å²) in [5.74, 6) is 0.393. The van der Waals surface area contributed by atoms with Gasteiger partial charge in [-0.1, -0.05) is 6.92 Å². The maximum absolute atomic E-state index is 13.2. The molecule has 0 spiro atoms. The third kappa shape index (κ3) is 3.25. The Morgan fingerprint density at radius 3 is 2.65 bits per heavy atom. The van der Waals surface area contributed by atoms with Gasteiger partial charge in [0, 0.05) is 44.0 Å². The second-order valence-electron chi connectivity index (χ2n) is 8.81. The maximum Gasteiger partial charge on any atom is 0.244 e. The Bertz CT molecular complexity index is 1210. The molecular weight excluding hydrogens is 390 g/mol. The van der Waals surface area contributed by atoms with Crippen LogP contribution in [0.3, 0.4) is 0 Å². The number of aromatic nitrogens is 5. The van der Waals surface area contributed by atoms with Crippen molar-refractivity contribution in [1.82, 2.24) is 29.6 Å². The molecular formula is C21H21B2N6O2. The molecule has 1 saturated carbocycles. The van der Waals surface area contributed by atoms with Crippen molar-refractivity contribution in [2.45, 2.75) is 52.1 Å². The molecule has 0 N–H and O–H groups in total.